The van der Waals surface area contributed by atoms with Crippen molar-refractivity contribution in [1.29, 1.82) is 0 Å². The zero-order valence-corrected chi connectivity index (χ0v) is 15.1. The number of carbonyl (C=O) groups is 1. The summed E-state index contributed by atoms with van der Waals surface area (Å²) in [6.07, 6.45) is 0. The van der Waals surface area contributed by atoms with E-state index in [9.17, 15) is 26.7 Å². The molecule has 0 saturated heterocycles. The zero-order chi connectivity index (χ0) is 21.4. The van der Waals surface area contributed by atoms with E-state index in [1.165, 1.54) is 19.2 Å². The van der Waals surface area contributed by atoms with Gasteiger partial charge in [-0.05, 0) is 18.2 Å². The number of benzene rings is 2. The molecule has 0 fully saturated rings. The van der Waals surface area contributed by atoms with Gasteiger partial charge in [0.05, 0.1) is 12.2 Å². The molecule has 2 aromatic rings. The van der Waals surface area contributed by atoms with Gasteiger partial charge in [-0.2, -0.15) is 8.78 Å². The fourth-order valence-corrected chi connectivity index (χ4v) is 2.24. The van der Waals surface area contributed by atoms with Crippen LogP contribution in [-0.4, -0.2) is 32.1 Å². The molecule has 6 nitrogen and oxygen atoms in total. The van der Waals surface area contributed by atoms with Gasteiger partial charge < -0.3 is 20.7 Å². The Balaban J connectivity index is 1.90. The molecule has 0 bridgehead atoms. The van der Waals surface area contributed by atoms with Crippen molar-refractivity contribution in [2.45, 2.75) is 13.2 Å². The number of carbonyl (C=O) groups excluding carboxylic acids is 1. The van der Waals surface area contributed by atoms with Crippen LogP contribution >= 0.6 is 0 Å². The Morgan fingerprint density at radius 3 is 2.48 bits per heavy atom. The lowest BCUT2D eigenvalue weighted by Gasteiger charge is -2.14. The maximum atomic E-state index is 13.6. The molecule has 0 unspecified atom stereocenters. The largest absolute Gasteiger partial charge is 0.434 e. The second-order valence-electron chi connectivity index (χ2n) is 5.54. The molecule has 0 aliphatic rings. The molecule has 0 aliphatic carbocycles. The summed E-state index contributed by atoms with van der Waals surface area (Å²) in [7, 11) is 1.41. The van der Waals surface area contributed by atoms with Crippen LogP contribution in [0.5, 0.6) is 5.75 Å². The second kappa shape index (κ2) is 10.2. The summed E-state index contributed by atoms with van der Waals surface area (Å²) in [5.41, 5.74) is -0.0965. The quantitative estimate of drug-likeness (QED) is 0.281. The van der Waals surface area contributed by atoms with E-state index in [2.05, 4.69) is 25.7 Å². The van der Waals surface area contributed by atoms with Gasteiger partial charge >= 0.3 is 6.61 Å². The van der Waals surface area contributed by atoms with Gasteiger partial charge in [-0.1, -0.05) is 18.2 Å². The van der Waals surface area contributed by atoms with Crippen molar-refractivity contribution in [1.82, 2.24) is 10.6 Å². The third-order valence-corrected chi connectivity index (χ3v) is 3.58. The second-order valence-corrected chi connectivity index (χ2v) is 5.54. The minimum absolute atomic E-state index is 0.0167. The van der Waals surface area contributed by atoms with Crippen molar-refractivity contribution in [2.24, 2.45) is 4.99 Å². The molecule has 0 spiro atoms. The summed E-state index contributed by atoms with van der Waals surface area (Å²) in [5, 5.41) is 7.50. The topological polar surface area (TPSA) is 74.8 Å². The Labute approximate surface area is 162 Å². The number of hydrogen-bond donors (Lipinski definition) is 3. The summed E-state index contributed by atoms with van der Waals surface area (Å²) < 4.78 is 68.9. The Bertz CT molecular complexity index is 893. The molecule has 2 aromatic carbocycles. The fourth-order valence-electron chi connectivity index (χ4n) is 2.24. The first-order valence-electron chi connectivity index (χ1n) is 8.22. The van der Waals surface area contributed by atoms with Crippen LogP contribution in [-0.2, 0) is 11.3 Å². The number of rotatable bonds is 7. The lowest BCUT2D eigenvalue weighted by Crippen LogP contribution is -2.41. The lowest BCUT2D eigenvalue weighted by molar-refractivity contribution is -0.115. The Morgan fingerprint density at radius 2 is 1.79 bits per heavy atom. The Morgan fingerprint density at radius 1 is 1.07 bits per heavy atom. The van der Waals surface area contributed by atoms with Gasteiger partial charge in [0.1, 0.15) is 5.75 Å². The molecule has 0 atom stereocenters. The predicted octanol–water partition coefficient (Wildman–Crippen LogP) is 3.01. The number of anilines is 1. The number of alkyl halides is 2. The molecule has 156 valence electrons. The monoisotopic (exact) mass is 416 g/mol. The number of halogens is 5. The molecule has 1 amide bonds. The first-order chi connectivity index (χ1) is 13.8. The van der Waals surface area contributed by atoms with Gasteiger partial charge in [0, 0.05) is 19.2 Å². The standard InChI is InChI=1S/C18H17F5N4O2/c1-24-18(25-8-10-4-2-3-5-13(10)29-17(22)23)26-9-14(28)27-12-7-6-11(19)15(20)16(12)21/h2-7,17H,8-9H2,1H3,(H,27,28)(H2,24,25,26). The van der Waals surface area contributed by atoms with Gasteiger partial charge in [0.15, 0.2) is 23.4 Å². The van der Waals surface area contributed by atoms with E-state index in [1.54, 1.807) is 12.1 Å². The number of amides is 1. The average molecular weight is 416 g/mol. The highest BCUT2D eigenvalue weighted by Gasteiger charge is 2.15. The van der Waals surface area contributed by atoms with E-state index < -0.39 is 35.7 Å². The van der Waals surface area contributed by atoms with Crippen LogP contribution < -0.4 is 20.7 Å². The minimum atomic E-state index is -2.98. The molecule has 3 N–H and O–H groups in total. The van der Waals surface area contributed by atoms with Crippen molar-refractivity contribution >= 4 is 17.6 Å². The molecule has 0 aromatic heterocycles. The SMILES string of the molecule is CN=C(NCC(=O)Nc1ccc(F)c(F)c1F)NCc1ccccc1OC(F)F. The highest BCUT2D eigenvalue weighted by molar-refractivity contribution is 5.95. The molecule has 0 radical (unpaired) electrons. The predicted molar refractivity (Wildman–Crippen MR) is 96.2 cm³/mol. The zero-order valence-electron chi connectivity index (χ0n) is 15.1. The number of ether oxygens (including phenoxy) is 1. The third-order valence-electron chi connectivity index (χ3n) is 3.58. The van der Waals surface area contributed by atoms with E-state index in [1.807, 2.05) is 0 Å². The normalized spacial score (nSPS) is 11.3. The minimum Gasteiger partial charge on any atom is -0.434 e. The average Bonchev–Trinajstić information content (AvgIpc) is 2.69. The maximum Gasteiger partial charge on any atom is 0.387 e. The molecular formula is C18H17F5N4O2. The van der Waals surface area contributed by atoms with Crippen molar-refractivity contribution in [3.05, 3.63) is 59.4 Å². The van der Waals surface area contributed by atoms with E-state index in [0.29, 0.717) is 11.6 Å². The van der Waals surface area contributed by atoms with Crippen LogP contribution in [0.15, 0.2) is 41.4 Å². The van der Waals surface area contributed by atoms with Crippen LogP contribution in [0.2, 0.25) is 0 Å². The molecule has 0 heterocycles. The van der Waals surface area contributed by atoms with E-state index in [-0.39, 0.29) is 24.8 Å². The lowest BCUT2D eigenvalue weighted by atomic mass is 10.2. The summed E-state index contributed by atoms with van der Waals surface area (Å²) in [6, 6.07) is 7.69. The van der Waals surface area contributed by atoms with Crippen molar-refractivity contribution in [3.63, 3.8) is 0 Å². The number of nitrogens with zero attached hydrogens (tertiary/aromatic N) is 1. The highest BCUT2D eigenvalue weighted by atomic mass is 19.3. The number of guanidine groups is 1. The van der Waals surface area contributed by atoms with Crippen molar-refractivity contribution in [3.8, 4) is 5.75 Å². The number of aliphatic imine (C=N–C) groups is 1. The van der Waals surface area contributed by atoms with Crippen molar-refractivity contribution in [2.75, 3.05) is 18.9 Å². The van der Waals surface area contributed by atoms with Crippen LogP contribution in [0, 0.1) is 17.5 Å². The Kier molecular flexibility index (Phi) is 7.75. The maximum absolute atomic E-state index is 13.6. The molecule has 0 aliphatic heterocycles. The summed E-state index contributed by atoms with van der Waals surface area (Å²) in [5.74, 6) is -5.22. The fraction of sp³-hybridized carbons (Fsp3) is 0.222. The van der Waals surface area contributed by atoms with Gasteiger partial charge in [-0.15, -0.1) is 0 Å². The van der Waals surface area contributed by atoms with E-state index in [0.717, 1.165) is 6.07 Å². The van der Waals surface area contributed by atoms with Crippen molar-refractivity contribution < 1.29 is 31.5 Å². The smallest absolute Gasteiger partial charge is 0.387 e. The number of hydrogen-bond acceptors (Lipinski definition) is 3. The Hall–Kier alpha value is -3.37. The number of nitrogens with one attached hydrogen (secondary N) is 3. The summed E-state index contributed by atoms with van der Waals surface area (Å²) in [4.78, 5) is 15.7. The number of para-hydroxylation sites is 1. The summed E-state index contributed by atoms with van der Waals surface area (Å²) >= 11 is 0. The molecule has 0 saturated carbocycles. The third kappa shape index (κ3) is 6.33. The first-order valence-corrected chi connectivity index (χ1v) is 8.22. The molecule has 11 heteroatoms. The van der Waals surface area contributed by atoms with Gasteiger partial charge in [-0.25, -0.2) is 13.2 Å². The first kappa shape index (κ1) is 21.9. The molecule has 29 heavy (non-hydrogen) atoms. The van der Waals surface area contributed by atoms with Gasteiger partial charge in [-0.3, -0.25) is 9.79 Å². The van der Waals surface area contributed by atoms with Crippen LogP contribution in [0.1, 0.15) is 5.56 Å². The van der Waals surface area contributed by atoms with Gasteiger partial charge in [0.2, 0.25) is 5.91 Å². The highest BCUT2D eigenvalue weighted by Crippen LogP contribution is 2.20. The van der Waals surface area contributed by atoms with Crippen LogP contribution in [0.25, 0.3) is 0 Å². The van der Waals surface area contributed by atoms with E-state index >= 15 is 0 Å². The summed E-state index contributed by atoms with van der Waals surface area (Å²) in [6.45, 7) is -3.30. The van der Waals surface area contributed by atoms with E-state index in [4.69, 9.17) is 0 Å². The molecule has 2 rings (SSSR count). The molecular weight excluding hydrogens is 399 g/mol. The van der Waals surface area contributed by atoms with Gasteiger partial charge in [0.25, 0.3) is 0 Å². The van der Waals surface area contributed by atoms with Crippen LogP contribution in [0.4, 0.5) is 27.6 Å². The van der Waals surface area contributed by atoms with Crippen LogP contribution in [0.3, 0.4) is 0 Å².